The average molecular weight is 676 g/mol. The van der Waals surface area contributed by atoms with Crippen LogP contribution in [-0.4, -0.2) is 4.98 Å². The predicted octanol–water partition coefficient (Wildman–Crippen LogP) is 13.1. The molecule has 1 aromatic heterocycles. The Morgan fingerprint density at radius 2 is 1.16 bits per heavy atom. The van der Waals surface area contributed by atoms with Crippen molar-refractivity contribution in [3.05, 3.63) is 137 Å². The summed E-state index contributed by atoms with van der Waals surface area (Å²) in [6, 6.07) is 29.4. The summed E-state index contributed by atoms with van der Waals surface area (Å²) in [5.41, 5.74) is 8.52. The smallest absolute Gasteiger partial charge is 0.200 e. The third kappa shape index (κ3) is 5.89. The van der Waals surface area contributed by atoms with Gasteiger partial charge >= 0.3 is 0 Å². The first kappa shape index (κ1) is 33.6. The van der Waals surface area contributed by atoms with Crippen molar-refractivity contribution in [1.29, 1.82) is 0 Å². The van der Waals surface area contributed by atoms with E-state index in [1.807, 2.05) is 18.2 Å². The molecule has 254 valence electrons. The molecular weight excluding hydrogens is 637 g/mol. The van der Waals surface area contributed by atoms with E-state index in [0.717, 1.165) is 29.5 Å². The highest BCUT2D eigenvalue weighted by Crippen LogP contribution is 2.49. The Morgan fingerprint density at radius 1 is 0.540 bits per heavy atom. The number of hydrogen-bond donors (Lipinski definition) is 0. The molecule has 6 heteroatoms. The molecule has 6 aromatic rings. The van der Waals surface area contributed by atoms with E-state index in [1.165, 1.54) is 72.1 Å². The molecule has 1 aliphatic carbocycles. The van der Waals surface area contributed by atoms with Crippen molar-refractivity contribution in [3.8, 4) is 44.6 Å². The maximum atomic E-state index is 15.0. The number of nitrogens with zero attached hydrogens (tertiary/aromatic N) is 1. The minimum absolute atomic E-state index is 0.127. The summed E-state index contributed by atoms with van der Waals surface area (Å²) in [6.07, 6.45) is 8.22. The summed E-state index contributed by atoms with van der Waals surface area (Å²) in [5.74, 6) is -9.87. The lowest BCUT2D eigenvalue weighted by molar-refractivity contribution is 0.381. The third-order valence-corrected chi connectivity index (χ3v) is 10.3. The molecule has 5 aromatic carbocycles. The van der Waals surface area contributed by atoms with Gasteiger partial charge in [0, 0.05) is 16.4 Å². The van der Waals surface area contributed by atoms with Crippen molar-refractivity contribution in [1.82, 2.24) is 4.98 Å². The van der Waals surface area contributed by atoms with Crippen molar-refractivity contribution in [2.75, 3.05) is 0 Å². The Labute approximate surface area is 289 Å². The predicted molar refractivity (Wildman–Crippen MR) is 192 cm³/mol. The highest BCUT2D eigenvalue weighted by molar-refractivity contribution is 5.99. The van der Waals surface area contributed by atoms with Gasteiger partial charge in [0.1, 0.15) is 0 Å². The largest absolute Gasteiger partial charge is 0.248 e. The SMILES string of the molecule is CCCCCCCCc1ccc(-c2cc(-c3ccc4c(c3)C(C)(C)c3ccccc3-4)nc3ccc(-c4c(F)c(F)c(F)c(F)c4F)cc23)cc1. The van der Waals surface area contributed by atoms with E-state index in [0.29, 0.717) is 16.6 Å². The summed E-state index contributed by atoms with van der Waals surface area (Å²) >= 11 is 0. The second-order valence-corrected chi connectivity index (χ2v) is 13.9. The highest BCUT2D eigenvalue weighted by atomic mass is 19.2. The molecule has 0 aliphatic heterocycles. The van der Waals surface area contributed by atoms with Gasteiger partial charge in [-0.1, -0.05) is 120 Å². The fourth-order valence-corrected chi connectivity index (χ4v) is 7.45. The molecule has 0 saturated heterocycles. The second-order valence-electron chi connectivity index (χ2n) is 13.9. The zero-order valence-corrected chi connectivity index (χ0v) is 28.4. The van der Waals surface area contributed by atoms with Crippen LogP contribution in [0.1, 0.15) is 76.0 Å². The molecule has 7 rings (SSSR count). The first-order valence-electron chi connectivity index (χ1n) is 17.4. The van der Waals surface area contributed by atoms with E-state index in [9.17, 15) is 22.0 Å². The van der Waals surface area contributed by atoms with Crippen LogP contribution in [0, 0.1) is 29.1 Å². The Kier molecular flexibility index (Phi) is 9.06. The number of pyridine rings is 1. The van der Waals surface area contributed by atoms with Gasteiger partial charge in [-0.15, -0.1) is 0 Å². The van der Waals surface area contributed by atoms with Crippen molar-refractivity contribution in [2.45, 2.75) is 71.1 Å². The van der Waals surface area contributed by atoms with Crippen LogP contribution >= 0.6 is 0 Å². The van der Waals surface area contributed by atoms with Crippen LogP contribution in [0.15, 0.2) is 91.0 Å². The first-order valence-corrected chi connectivity index (χ1v) is 17.4. The number of aryl methyl sites for hydroxylation is 1. The molecule has 0 spiro atoms. The second kappa shape index (κ2) is 13.5. The zero-order chi connectivity index (χ0) is 35.2. The number of rotatable bonds is 10. The Hall–Kier alpha value is -4.84. The number of hydrogen-bond acceptors (Lipinski definition) is 1. The van der Waals surface area contributed by atoms with E-state index in [-0.39, 0.29) is 11.0 Å². The number of benzene rings is 5. The Morgan fingerprint density at radius 3 is 1.90 bits per heavy atom. The maximum Gasteiger partial charge on any atom is 0.200 e. The van der Waals surface area contributed by atoms with E-state index in [2.05, 4.69) is 75.4 Å². The molecule has 50 heavy (non-hydrogen) atoms. The lowest BCUT2D eigenvalue weighted by Gasteiger charge is -2.22. The van der Waals surface area contributed by atoms with Crippen molar-refractivity contribution >= 4 is 10.9 Å². The van der Waals surface area contributed by atoms with Crippen LogP contribution in [0.3, 0.4) is 0 Å². The molecular formula is C44H38F5N. The van der Waals surface area contributed by atoms with E-state index < -0.39 is 34.6 Å². The molecule has 1 nitrogen and oxygen atoms in total. The molecule has 0 amide bonds. The van der Waals surface area contributed by atoms with Crippen LogP contribution < -0.4 is 0 Å². The van der Waals surface area contributed by atoms with Gasteiger partial charge in [-0.3, -0.25) is 0 Å². The number of aromatic nitrogens is 1. The van der Waals surface area contributed by atoms with E-state index in [1.54, 1.807) is 6.07 Å². The zero-order valence-electron chi connectivity index (χ0n) is 28.4. The van der Waals surface area contributed by atoms with Crippen molar-refractivity contribution in [3.63, 3.8) is 0 Å². The topological polar surface area (TPSA) is 12.9 Å². The minimum Gasteiger partial charge on any atom is -0.248 e. The molecule has 1 aliphatic rings. The van der Waals surface area contributed by atoms with Crippen LogP contribution in [0.25, 0.3) is 55.5 Å². The number of halogens is 5. The van der Waals surface area contributed by atoms with Gasteiger partial charge in [-0.2, -0.15) is 0 Å². The van der Waals surface area contributed by atoms with Crippen LogP contribution in [-0.2, 0) is 11.8 Å². The normalized spacial score (nSPS) is 13.1. The monoisotopic (exact) mass is 675 g/mol. The van der Waals surface area contributed by atoms with Crippen molar-refractivity contribution in [2.24, 2.45) is 0 Å². The fraction of sp³-hybridized carbons (Fsp3) is 0.250. The molecule has 0 radical (unpaired) electrons. The summed E-state index contributed by atoms with van der Waals surface area (Å²) in [4.78, 5) is 4.98. The highest BCUT2D eigenvalue weighted by Gasteiger charge is 2.35. The van der Waals surface area contributed by atoms with Crippen LogP contribution in [0.4, 0.5) is 22.0 Å². The van der Waals surface area contributed by atoms with Crippen LogP contribution in [0.2, 0.25) is 0 Å². The lowest BCUT2D eigenvalue weighted by atomic mass is 9.82. The summed E-state index contributed by atoms with van der Waals surface area (Å²) < 4.78 is 72.3. The molecule has 0 unspecified atom stereocenters. The summed E-state index contributed by atoms with van der Waals surface area (Å²) in [5, 5.41) is 0.535. The van der Waals surface area contributed by atoms with Gasteiger partial charge < -0.3 is 0 Å². The van der Waals surface area contributed by atoms with Gasteiger partial charge in [0.2, 0.25) is 5.82 Å². The van der Waals surface area contributed by atoms with E-state index in [4.69, 9.17) is 4.98 Å². The number of fused-ring (bicyclic) bond motifs is 4. The Balaban J connectivity index is 1.33. The third-order valence-electron chi connectivity index (χ3n) is 10.3. The number of unbranched alkanes of at least 4 members (excludes halogenated alkanes) is 5. The average Bonchev–Trinajstić information content (AvgIpc) is 3.36. The molecule has 0 N–H and O–H groups in total. The maximum absolute atomic E-state index is 15.0. The van der Waals surface area contributed by atoms with Crippen LogP contribution in [0.5, 0.6) is 0 Å². The van der Waals surface area contributed by atoms with E-state index >= 15 is 0 Å². The van der Waals surface area contributed by atoms with Gasteiger partial charge in [0.05, 0.1) is 16.8 Å². The lowest BCUT2D eigenvalue weighted by Crippen LogP contribution is -2.14. The van der Waals surface area contributed by atoms with Gasteiger partial charge in [0.25, 0.3) is 0 Å². The first-order chi connectivity index (χ1) is 24.1. The minimum atomic E-state index is -2.18. The summed E-state index contributed by atoms with van der Waals surface area (Å²) in [6.45, 7) is 6.64. The summed E-state index contributed by atoms with van der Waals surface area (Å²) in [7, 11) is 0. The molecule has 1 heterocycles. The molecule has 0 bridgehead atoms. The fourth-order valence-electron chi connectivity index (χ4n) is 7.45. The Bertz CT molecular complexity index is 2210. The van der Waals surface area contributed by atoms with Gasteiger partial charge in [-0.05, 0) is 81.6 Å². The van der Waals surface area contributed by atoms with Gasteiger partial charge in [-0.25, -0.2) is 26.9 Å². The quantitative estimate of drug-likeness (QED) is 0.0609. The molecule has 0 fully saturated rings. The van der Waals surface area contributed by atoms with Gasteiger partial charge in [0.15, 0.2) is 23.3 Å². The van der Waals surface area contributed by atoms with Crippen molar-refractivity contribution < 1.29 is 22.0 Å². The standard InChI is InChI=1S/C44H38F5N/c1-4-5-6-7-8-9-12-26-15-17-27(18-16-26)32-25-37(28-19-21-31-30-13-10-11-14-34(30)44(2,3)35(31)24-28)50-36-22-20-29(23-33(32)36)38-39(45)41(47)43(49)42(48)40(38)46/h10-11,13-25H,4-9,12H2,1-3H3. The molecule has 0 atom stereocenters. The molecule has 0 saturated carbocycles.